The summed E-state index contributed by atoms with van der Waals surface area (Å²) in [5.74, 6) is 1.36. The highest BCUT2D eigenvalue weighted by atomic mass is 127. The molecule has 136 valence electrons. The minimum atomic E-state index is -0.163. The number of halogens is 2. The Bertz CT molecular complexity index is 536. The molecule has 1 atom stereocenters. The van der Waals surface area contributed by atoms with Crippen molar-refractivity contribution < 1.29 is 4.39 Å². The van der Waals surface area contributed by atoms with Gasteiger partial charge < -0.3 is 15.5 Å². The monoisotopic (exact) mass is 448 g/mol. The van der Waals surface area contributed by atoms with E-state index in [1.807, 2.05) is 6.07 Å². The molecule has 24 heavy (non-hydrogen) atoms. The molecule has 1 unspecified atom stereocenters. The van der Waals surface area contributed by atoms with Gasteiger partial charge in [-0.15, -0.1) is 24.0 Å². The van der Waals surface area contributed by atoms with Crippen LogP contribution in [0.2, 0.25) is 0 Å². The Hall–Kier alpha value is -0.890. The van der Waals surface area contributed by atoms with Crippen molar-refractivity contribution in [2.75, 3.05) is 32.7 Å². The first-order valence-corrected chi connectivity index (χ1v) is 8.62. The largest absolute Gasteiger partial charge is 0.357 e. The molecule has 1 aliphatic rings. The van der Waals surface area contributed by atoms with Crippen LogP contribution in [0.4, 0.5) is 4.39 Å². The number of aliphatic imine (C=N–C) groups is 1. The minimum Gasteiger partial charge on any atom is -0.357 e. The molecule has 0 bridgehead atoms. The second-order valence-corrected chi connectivity index (χ2v) is 6.21. The van der Waals surface area contributed by atoms with Gasteiger partial charge in [0.25, 0.3) is 0 Å². The van der Waals surface area contributed by atoms with Gasteiger partial charge in [-0.25, -0.2) is 9.38 Å². The van der Waals surface area contributed by atoms with E-state index < -0.39 is 0 Å². The maximum Gasteiger partial charge on any atom is 0.191 e. The van der Waals surface area contributed by atoms with Crippen molar-refractivity contribution in [1.82, 2.24) is 15.5 Å². The van der Waals surface area contributed by atoms with Gasteiger partial charge in [-0.05, 0) is 56.5 Å². The summed E-state index contributed by atoms with van der Waals surface area (Å²) in [7, 11) is 0. The fraction of sp³-hybridized carbons (Fsp3) is 0.611. The van der Waals surface area contributed by atoms with Crippen molar-refractivity contribution in [3.8, 4) is 0 Å². The molecule has 0 amide bonds. The Morgan fingerprint density at radius 1 is 1.33 bits per heavy atom. The van der Waals surface area contributed by atoms with Gasteiger partial charge in [-0.1, -0.05) is 19.1 Å². The maximum absolute atomic E-state index is 13.3. The number of nitrogens with one attached hydrogen (secondary N) is 2. The summed E-state index contributed by atoms with van der Waals surface area (Å²) < 4.78 is 13.3. The van der Waals surface area contributed by atoms with Crippen LogP contribution >= 0.6 is 24.0 Å². The summed E-state index contributed by atoms with van der Waals surface area (Å²) in [6, 6.07) is 5.17. The van der Waals surface area contributed by atoms with Crippen LogP contribution in [-0.4, -0.2) is 43.6 Å². The van der Waals surface area contributed by atoms with Gasteiger partial charge >= 0.3 is 0 Å². The third-order valence-electron chi connectivity index (χ3n) is 4.36. The highest BCUT2D eigenvalue weighted by molar-refractivity contribution is 14.0. The molecule has 2 N–H and O–H groups in total. The number of hydrogen-bond donors (Lipinski definition) is 2. The van der Waals surface area contributed by atoms with Gasteiger partial charge in [0.05, 0.1) is 6.54 Å². The van der Waals surface area contributed by atoms with E-state index >= 15 is 0 Å². The smallest absolute Gasteiger partial charge is 0.191 e. The molecule has 1 fully saturated rings. The van der Waals surface area contributed by atoms with Crippen molar-refractivity contribution in [2.45, 2.75) is 33.7 Å². The lowest BCUT2D eigenvalue weighted by molar-refractivity contribution is 0.342. The summed E-state index contributed by atoms with van der Waals surface area (Å²) >= 11 is 0. The average Bonchev–Trinajstić information content (AvgIpc) is 3.01. The average molecular weight is 448 g/mol. The van der Waals surface area contributed by atoms with Gasteiger partial charge in [0, 0.05) is 19.6 Å². The van der Waals surface area contributed by atoms with E-state index in [1.54, 1.807) is 13.0 Å². The summed E-state index contributed by atoms with van der Waals surface area (Å²) in [4.78, 5) is 7.10. The SMILES string of the molecule is CCNC(=NCc1ccc(F)c(C)c1)NCC1CCN(CC)C1.I. The molecular formula is C18H30FIN4. The maximum atomic E-state index is 13.3. The lowest BCUT2D eigenvalue weighted by Gasteiger charge is -2.16. The van der Waals surface area contributed by atoms with Gasteiger partial charge in [-0.2, -0.15) is 0 Å². The topological polar surface area (TPSA) is 39.7 Å². The summed E-state index contributed by atoms with van der Waals surface area (Å²) in [5.41, 5.74) is 1.69. The van der Waals surface area contributed by atoms with Gasteiger partial charge in [0.15, 0.2) is 5.96 Å². The number of hydrogen-bond acceptors (Lipinski definition) is 2. The van der Waals surface area contributed by atoms with E-state index in [-0.39, 0.29) is 29.8 Å². The van der Waals surface area contributed by atoms with Crippen molar-refractivity contribution in [2.24, 2.45) is 10.9 Å². The zero-order valence-electron chi connectivity index (χ0n) is 14.9. The van der Waals surface area contributed by atoms with Crippen LogP contribution in [0.25, 0.3) is 0 Å². The third-order valence-corrected chi connectivity index (χ3v) is 4.36. The Labute approximate surface area is 162 Å². The third kappa shape index (κ3) is 6.55. The fourth-order valence-corrected chi connectivity index (χ4v) is 2.92. The van der Waals surface area contributed by atoms with Crippen LogP contribution in [0.3, 0.4) is 0 Å². The highest BCUT2D eigenvalue weighted by Crippen LogP contribution is 2.14. The van der Waals surface area contributed by atoms with E-state index in [1.165, 1.54) is 25.6 Å². The van der Waals surface area contributed by atoms with Crippen LogP contribution in [0, 0.1) is 18.7 Å². The lowest BCUT2D eigenvalue weighted by atomic mass is 10.1. The van der Waals surface area contributed by atoms with Gasteiger partial charge in [-0.3, -0.25) is 0 Å². The van der Waals surface area contributed by atoms with E-state index in [0.29, 0.717) is 18.0 Å². The Morgan fingerprint density at radius 2 is 2.12 bits per heavy atom. The molecule has 1 saturated heterocycles. The molecule has 0 aromatic heterocycles. The van der Waals surface area contributed by atoms with Crippen LogP contribution in [-0.2, 0) is 6.54 Å². The van der Waals surface area contributed by atoms with E-state index in [4.69, 9.17) is 0 Å². The molecule has 0 aliphatic carbocycles. The zero-order valence-corrected chi connectivity index (χ0v) is 17.3. The quantitative estimate of drug-likeness (QED) is 0.399. The van der Waals surface area contributed by atoms with Crippen molar-refractivity contribution >= 4 is 29.9 Å². The fourth-order valence-electron chi connectivity index (χ4n) is 2.92. The van der Waals surface area contributed by atoms with Crippen LogP contribution in [0.5, 0.6) is 0 Å². The number of likely N-dealkylation sites (tertiary alicyclic amines) is 1. The first kappa shape index (κ1) is 21.2. The molecule has 0 radical (unpaired) electrons. The zero-order chi connectivity index (χ0) is 16.7. The number of aryl methyl sites for hydroxylation is 1. The molecule has 0 spiro atoms. The normalized spacial score (nSPS) is 18.3. The molecule has 1 aromatic rings. The summed E-state index contributed by atoms with van der Waals surface area (Å²) in [6.45, 7) is 11.9. The summed E-state index contributed by atoms with van der Waals surface area (Å²) in [6.07, 6.45) is 1.25. The van der Waals surface area contributed by atoms with E-state index in [9.17, 15) is 4.39 Å². The Kier molecular flexibility index (Phi) is 9.58. The second-order valence-electron chi connectivity index (χ2n) is 6.21. The molecule has 1 aromatic carbocycles. The van der Waals surface area contributed by atoms with Crippen molar-refractivity contribution in [1.29, 1.82) is 0 Å². The molecule has 4 nitrogen and oxygen atoms in total. The van der Waals surface area contributed by atoms with E-state index in [0.717, 1.165) is 31.2 Å². The summed E-state index contributed by atoms with van der Waals surface area (Å²) in [5, 5.41) is 6.72. The molecule has 1 aliphatic heterocycles. The number of nitrogens with zero attached hydrogens (tertiary/aromatic N) is 2. The first-order valence-electron chi connectivity index (χ1n) is 8.62. The van der Waals surface area contributed by atoms with Gasteiger partial charge in [0.2, 0.25) is 0 Å². The van der Waals surface area contributed by atoms with Crippen molar-refractivity contribution in [3.05, 3.63) is 35.1 Å². The first-order chi connectivity index (χ1) is 11.1. The Morgan fingerprint density at radius 3 is 2.75 bits per heavy atom. The molecule has 6 heteroatoms. The van der Waals surface area contributed by atoms with Gasteiger partial charge in [0.1, 0.15) is 5.82 Å². The molecular weight excluding hydrogens is 418 g/mol. The van der Waals surface area contributed by atoms with E-state index in [2.05, 4.69) is 34.4 Å². The highest BCUT2D eigenvalue weighted by Gasteiger charge is 2.20. The van der Waals surface area contributed by atoms with Crippen molar-refractivity contribution in [3.63, 3.8) is 0 Å². The predicted molar refractivity (Wildman–Crippen MR) is 110 cm³/mol. The van der Waals surface area contributed by atoms with Crippen LogP contribution < -0.4 is 10.6 Å². The number of guanidine groups is 1. The lowest BCUT2D eigenvalue weighted by Crippen LogP contribution is -2.40. The predicted octanol–water partition coefficient (Wildman–Crippen LogP) is 3.15. The minimum absolute atomic E-state index is 0. The van der Waals surface area contributed by atoms with Crippen LogP contribution in [0.1, 0.15) is 31.4 Å². The number of rotatable bonds is 6. The molecule has 0 saturated carbocycles. The second kappa shape index (κ2) is 10.9. The molecule has 1 heterocycles. The Balaban J connectivity index is 0.00000288. The van der Waals surface area contributed by atoms with Crippen LogP contribution in [0.15, 0.2) is 23.2 Å². The number of benzene rings is 1. The standard InChI is InChI=1S/C18H29FN4.HI/c1-4-20-18(22-12-16-8-9-23(5-2)13-16)21-11-15-6-7-17(19)14(3)10-15;/h6-7,10,16H,4-5,8-9,11-13H2,1-3H3,(H2,20,21,22);1H. The molecule has 2 rings (SSSR count).